The number of nitrogens with zero attached hydrogens (tertiary/aromatic N) is 1. The summed E-state index contributed by atoms with van der Waals surface area (Å²) in [4.78, 5) is 15.9. The molecule has 2 N–H and O–H groups in total. The number of likely N-dealkylation sites (tertiary alicyclic amines) is 1. The molecule has 1 saturated heterocycles. The van der Waals surface area contributed by atoms with Crippen LogP contribution in [0.15, 0.2) is 66.7 Å². The molecule has 3 aromatic rings. The van der Waals surface area contributed by atoms with Gasteiger partial charge in [0.15, 0.2) is 0 Å². The number of rotatable bonds is 5. The number of hydrogen-bond acceptors (Lipinski definition) is 3. The lowest BCUT2D eigenvalue weighted by Gasteiger charge is -2.53. The summed E-state index contributed by atoms with van der Waals surface area (Å²) < 4.78 is 0. The van der Waals surface area contributed by atoms with Gasteiger partial charge in [0, 0.05) is 30.1 Å². The maximum atomic E-state index is 13.2. The first-order valence-electron chi connectivity index (χ1n) is 12.9. The summed E-state index contributed by atoms with van der Waals surface area (Å²) in [6.07, 6.45) is 6.94. The topological polar surface area (TPSA) is 52.6 Å². The van der Waals surface area contributed by atoms with Crippen LogP contribution in [-0.4, -0.2) is 41.6 Å². The van der Waals surface area contributed by atoms with Crippen molar-refractivity contribution in [2.24, 2.45) is 11.8 Å². The Bertz CT molecular complexity index is 1200. The lowest BCUT2D eigenvalue weighted by Crippen LogP contribution is -2.56. The number of fused-ring (bicyclic) bond motifs is 2. The molecule has 0 radical (unpaired) electrons. The second-order valence-corrected chi connectivity index (χ2v) is 10.9. The third-order valence-electron chi connectivity index (χ3n) is 8.59. The van der Waals surface area contributed by atoms with Crippen LogP contribution in [0.25, 0.3) is 10.8 Å². The first kappa shape index (κ1) is 21.7. The average molecular weight is 455 g/mol. The molecule has 3 aliphatic rings. The Balaban J connectivity index is 1.23. The van der Waals surface area contributed by atoms with Gasteiger partial charge in [-0.05, 0) is 97.5 Å². The van der Waals surface area contributed by atoms with Crippen LogP contribution in [-0.2, 0) is 5.41 Å². The molecular weight excluding hydrogens is 420 g/mol. The van der Waals surface area contributed by atoms with Gasteiger partial charge in [0.1, 0.15) is 5.75 Å². The van der Waals surface area contributed by atoms with Gasteiger partial charge in [0.25, 0.3) is 5.91 Å². The standard InChI is InChI=1S/C30H34N2O2/c33-28-7-3-6-25(17-28)30-14-15-32(19-21-8-9-21)20-26(30)12-13-27(18-30)31-29(34)24-11-10-22-4-1-2-5-23(22)16-24/h1-7,10-11,16-17,21,26-27,33H,8-9,12-15,18-20H2,(H,31,34)/t26-,27-,30+/m1/s1. The Morgan fingerprint density at radius 3 is 2.65 bits per heavy atom. The van der Waals surface area contributed by atoms with E-state index in [0.717, 1.165) is 61.0 Å². The van der Waals surface area contributed by atoms with Gasteiger partial charge in [-0.15, -0.1) is 0 Å². The Morgan fingerprint density at radius 2 is 1.82 bits per heavy atom. The first-order chi connectivity index (χ1) is 16.6. The molecule has 34 heavy (non-hydrogen) atoms. The van der Waals surface area contributed by atoms with Crippen LogP contribution in [0.4, 0.5) is 0 Å². The summed E-state index contributed by atoms with van der Waals surface area (Å²) in [7, 11) is 0. The fraction of sp³-hybridized carbons (Fsp3) is 0.433. The molecule has 3 fully saturated rings. The number of phenolic OH excluding ortho intramolecular Hbond substituents is 1. The smallest absolute Gasteiger partial charge is 0.251 e. The molecule has 3 aromatic carbocycles. The van der Waals surface area contributed by atoms with E-state index in [1.807, 2.05) is 42.5 Å². The highest BCUT2D eigenvalue weighted by Crippen LogP contribution is 2.50. The number of hydrogen-bond donors (Lipinski definition) is 2. The summed E-state index contributed by atoms with van der Waals surface area (Å²) in [6.45, 7) is 3.49. The number of aromatic hydroxyl groups is 1. The minimum Gasteiger partial charge on any atom is -0.508 e. The molecule has 3 atom stereocenters. The van der Waals surface area contributed by atoms with Crippen molar-refractivity contribution in [3.05, 3.63) is 77.9 Å². The van der Waals surface area contributed by atoms with Crippen molar-refractivity contribution < 1.29 is 9.90 Å². The molecule has 0 unspecified atom stereocenters. The molecule has 4 nitrogen and oxygen atoms in total. The van der Waals surface area contributed by atoms with Crippen LogP contribution in [0.5, 0.6) is 5.75 Å². The van der Waals surface area contributed by atoms with Crippen LogP contribution in [0.1, 0.15) is 54.4 Å². The van der Waals surface area contributed by atoms with E-state index in [0.29, 0.717) is 11.7 Å². The second-order valence-electron chi connectivity index (χ2n) is 10.9. The van der Waals surface area contributed by atoms with Crippen molar-refractivity contribution in [2.45, 2.75) is 50.0 Å². The predicted octanol–water partition coefficient (Wildman–Crippen LogP) is 5.50. The van der Waals surface area contributed by atoms with Crippen LogP contribution in [0, 0.1) is 11.8 Å². The van der Waals surface area contributed by atoms with Crippen LogP contribution in [0.3, 0.4) is 0 Å². The van der Waals surface area contributed by atoms with Crippen molar-refractivity contribution in [2.75, 3.05) is 19.6 Å². The summed E-state index contributed by atoms with van der Waals surface area (Å²) in [5, 5.41) is 15.9. The van der Waals surface area contributed by atoms with Gasteiger partial charge in [0.2, 0.25) is 0 Å². The number of phenols is 1. The van der Waals surface area contributed by atoms with Gasteiger partial charge in [-0.3, -0.25) is 4.79 Å². The summed E-state index contributed by atoms with van der Waals surface area (Å²) in [6, 6.07) is 22.2. The van der Waals surface area contributed by atoms with E-state index >= 15 is 0 Å². The quantitative estimate of drug-likeness (QED) is 0.535. The van der Waals surface area contributed by atoms with Crippen LogP contribution in [0.2, 0.25) is 0 Å². The number of carbonyl (C=O) groups excluding carboxylic acids is 1. The highest BCUT2D eigenvalue weighted by Gasteiger charge is 2.48. The van der Waals surface area contributed by atoms with E-state index in [1.54, 1.807) is 6.07 Å². The van der Waals surface area contributed by atoms with E-state index in [-0.39, 0.29) is 17.4 Å². The van der Waals surface area contributed by atoms with E-state index < -0.39 is 0 Å². The zero-order valence-electron chi connectivity index (χ0n) is 19.7. The molecule has 2 saturated carbocycles. The number of piperidine rings is 1. The largest absolute Gasteiger partial charge is 0.508 e. The summed E-state index contributed by atoms with van der Waals surface area (Å²) in [5.41, 5.74) is 1.98. The van der Waals surface area contributed by atoms with Crippen molar-refractivity contribution in [3.63, 3.8) is 0 Å². The lowest BCUT2D eigenvalue weighted by molar-refractivity contribution is 0.0403. The van der Waals surface area contributed by atoms with Crippen LogP contribution < -0.4 is 5.32 Å². The third kappa shape index (κ3) is 4.20. The van der Waals surface area contributed by atoms with Crippen molar-refractivity contribution >= 4 is 16.7 Å². The first-order valence-corrected chi connectivity index (χ1v) is 12.9. The molecule has 0 aromatic heterocycles. The van der Waals surface area contributed by atoms with Gasteiger partial charge >= 0.3 is 0 Å². The van der Waals surface area contributed by atoms with Crippen molar-refractivity contribution in [1.82, 2.24) is 10.2 Å². The molecule has 0 bridgehead atoms. The summed E-state index contributed by atoms with van der Waals surface area (Å²) >= 11 is 0. The lowest BCUT2D eigenvalue weighted by atomic mass is 9.58. The Kier molecular flexibility index (Phi) is 5.57. The third-order valence-corrected chi connectivity index (χ3v) is 8.59. The SMILES string of the molecule is O=C(N[C@@H]1CC[C@@H]2CN(CC3CC3)CC[C@@]2(c2cccc(O)c2)C1)c1ccc2ccccc2c1. The molecule has 2 aliphatic carbocycles. The van der Waals surface area contributed by atoms with Crippen LogP contribution >= 0.6 is 0 Å². The Labute approximate surface area is 202 Å². The molecule has 176 valence electrons. The second kappa shape index (κ2) is 8.74. The monoisotopic (exact) mass is 454 g/mol. The molecule has 1 amide bonds. The van der Waals surface area contributed by atoms with Gasteiger partial charge in [-0.1, -0.05) is 42.5 Å². The Morgan fingerprint density at radius 1 is 0.971 bits per heavy atom. The molecule has 1 aliphatic heterocycles. The van der Waals surface area contributed by atoms with Gasteiger partial charge in [0.05, 0.1) is 0 Å². The highest BCUT2D eigenvalue weighted by atomic mass is 16.3. The number of benzene rings is 3. The molecule has 4 heteroatoms. The zero-order valence-corrected chi connectivity index (χ0v) is 19.7. The number of carbonyl (C=O) groups is 1. The summed E-state index contributed by atoms with van der Waals surface area (Å²) in [5.74, 6) is 1.83. The number of nitrogens with one attached hydrogen (secondary N) is 1. The molecule has 6 rings (SSSR count). The van der Waals surface area contributed by atoms with Gasteiger partial charge in [-0.2, -0.15) is 0 Å². The fourth-order valence-electron chi connectivity index (χ4n) is 6.59. The van der Waals surface area contributed by atoms with Crippen molar-refractivity contribution in [3.8, 4) is 5.75 Å². The molecular formula is C30H34N2O2. The maximum absolute atomic E-state index is 13.2. The van der Waals surface area contributed by atoms with E-state index in [4.69, 9.17) is 0 Å². The molecule has 0 spiro atoms. The van der Waals surface area contributed by atoms with Gasteiger partial charge in [-0.25, -0.2) is 0 Å². The Hall–Kier alpha value is -2.85. The average Bonchev–Trinajstić information content (AvgIpc) is 3.68. The van der Waals surface area contributed by atoms with Crippen molar-refractivity contribution in [1.29, 1.82) is 0 Å². The number of amides is 1. The van der Waals surface area contributed by atoms with E-state index in [9.17, 15) is 9.90 Å². The maximum Gasteiger partial charge on any atom is 0.251 e. The minimum atomic E-state index is 0.0123. The molecule has 1 heterocycles. The minimum absolute atomic E-state index is 0.0123. The van der Waals surface area contributed by atoms with Gasteiger partial charge < -0.3 is 15.3 Å². The fourth-order valence-corrected chi connectivity index (χ4v) is 6.59. The zero-order chi connectivity index (χ0) is 23.1. The van der Waals surface area contributed by atoms with E-state index in [2.05, 4.69) is 28.4 Å². The normalized spacial score (nSPS) is 27.3. The predicted molar refractivity (Wildman–Crippen MR) is 136 cm³/mol. The highest BCUT2D eigenvalue weighted by molar-refractivity contribution is 5.98. The van der Waals surface area contributed by atoms with E-state index in [1.165, 1.54) is 24.9 Å².